The molecule has 0 spiro atoms. The number of carbonyl (C=O) groups is 1. The van der Waals surface area contributed by atoms with Crippen molar-refractivity contribution < 1.29 is 14.6 Å². The molecule has 3 aromatic rings. The predicted octanol–water partition coefficient (Wildman–Crippen LogP) is 4.09. The molecule has 2 aromatic carbocycles. The third kappa shape index (κ3) is 4.95. The molecule has 0 aliphatic carbocycles. The van der Waals surface area contributed by atoms with Crippen molar-refractivity contribution in [2.75, 3.05) is 38.7 Å². The number of hydrogen-bond acceptors (Lipinski definition) is 5. The normalized spacial score (nSPS) is 11.2. The number of halogens is 3. The molecule has 1 amide bonds. The molecule has 0 saturated heterocycles. The Morgan fingerprint density at radius 2 is 1.97 bits per heavy atom. The molecule has 1 aromatic heterocycles. The highest BCUT2D eigenvalue weighted by Gasteiger charge is 2.20. The van der Waals surface area contributed by atoms with Gasteiger partial charge in [-0.3, -0.25) is 4.79 Å². The molecular weight excluding hydrogens is 437 g/mol. The number of nitrogens with zero attached hydrogens (tertiary/aromatic N) is 2. The Morgan fingerprint density at radius 3 is 2.66 bits per heavy atom. The third-order valence-electron chi connectivity index (χ3n) is 4.49. The van der Waals surface area contributed by atoms with Crippen LogP contribution in [-0.4, -0.2) is 59.1 Å². The molecule has 0 aliphatic heterocycles. The van der Waals surface area contributed by atoms with Crippen LogP contribution in [0.2, 0.25) is 5.02 Å². The maximum Gasteiger partial charge on any atom is 0.256 e. The lowest BCUT2D eigenvalue weighted by Gasteiger charge is -2.23. The summed E-state index contributed by atoms with van der Waals surface area (Å²) >= 11 is 17.5. The Hall–Kier alpha value is -1.99. The lowest BCUT2D eigenvalue weighted by molar-refractivity contribution is -0.129. The standard InChI is InChI=1S/C20H20Cl3N3O3/c1-29-13-3-5-16-15(11-13)18(14-4-2-12(21)10-17(14)25-16)24-6-7-26(8-9-27)20(28)19(22)23/h2-5,10-11,19,27H,6-9H2,1H3,(H,24,25). The van der Waals surface area contributed by atoms with Gasteiger partial charge in [-0.1, -0.05) is 34.8 Å². The monoisotopic (exact) mass is 455 g/mol. The fourth-order valence-corrected chi connectivity index (χ4v) is 3.56. The van der Waals surface area contributed by atoms with E-state index in [4.69, 9.17) is 39.5 Å². The number of aliphatic hydroxyl groups excluding tert-OH is 1. The number of fused-ring (bicyclic) bond motifs is 2. The molecule has 0 radical (unpaired) electrons. The van der Waals surface area contributed by atoms with Crippen molar-refractivity contribution in [3.8, 4) is 5.75 Å². The van der Waals surface area contributed by atoms with Crippen LogP contribution in [0.15, 0.2) is 36.4 Å². The van der Waals surface area contributed by atoms with E-state index < -0.39 is 10.7 Å². The minimum atomic E-state index is -1.17. The van der Waals surface area contributed by atoms with E-state index in [1.165, 1.54) is 4.90 Å². The number of alkyl halides is 2. The van der Waals surface area contributed by atoms with Gasteiger partial charge < -0.3 is 20.1 Å². The van der Waals surface area contributed by atoms with Gasteiger partial charge in [-0.15, -0.1) is 0 Å². The van der Waals surface area contributed by atoms with Crippen molar-refractivity contribution in [2.24, 2.45) is 0 Å². The van der Waals surface area contributed by atoms with Crippen LogP contribution in [0.3, 0.4) is 0 Å². The number of methoxy groups -OCH3 is 1. The lowest BCUT2D eigenvalue weighted by atomic mass is 10.1. The number of rotatable bonds is 8. The topological polar surface area (TPSA) is 74.7 Å². The first-order chi connectivity index (χ1) is 13.9. The number of nitrogens with one attached hydrogen (secondary N) is 1. The second-order valence-corrected chi connectivity index (χ2v) is 7.84. The first-order valence-electron chi connectivity index (χ1n) is 8.93. The zero-order valence-electron chi connectivity index (χ0n) is 15.7. The SMILES string of the molecule is COc1ccc2nc3cc(Cl)ccc3c(NCCN(CCO)C(=O)C(Cl)Cl)c2c1. The number of aliphatic hydroxyl groups is 1. The van der Waals surface area contributed by atoms with Gasteiger partial charge in [0.2, 0.25) is 0 Å². The van der Waals surface area contributed by atoms with Crippen molar-refractivity contribution in [2.45, 2.75) is 4.84 Å². The van der Waals surface area contributed by atoms with Crippen LogP contribution >= 0.6 is 34.8 Å². The minimum Gasteiger partial charge on any atom is -0.497 e. The van der Waals surface area contributed by atoms with Crippen LogP contribution in [0, 0.1) is 0 Å². The smallest absolute Gasteiger partial charge is 0.256 e. The molecule has 29 heavy (non-hydrogen) atoms. The molecule has 0 saturated carbocycles. The Labute approximate surface area is 183 Å². The third-order valence-corrected chi connectivity index (χ3v) is 5.10. The van der Waals surface area contributed by atoms with Crippen LogP contribution in [0.1, 0.15) is 0 Å². The fraction of sp³-hybridized carbons (Fsp3) is 0.300. The summed E-state index contributed by atoms with van der Waals surface area (Å²) in [7, 11) is 1.61. The molecule has 2 N–H and O–H groups in total. The highest BCUT2D eigenvalue weighted by atomic mass is 35.5. The summed E-state index contributed by atoms with van der Waals surface area (Å²) in [5, 5.41) is 15.0. The van der Waals surface area contributed by atoms with Crippen LogP contribution < -0.4 is 10.1 Å². The first-order valence-corrected chi connectivity index (χ1v) is 10.2. The second kappa shape index (κ2) is 9.67. The first kappa shape index (κ1) is 21.7. The zero-order valence-corrected chi connectivity index (χ0v) is 17.9. The van der Waals surface area contributed by atoms with Crippen molar-refractivity contribution in [3.63, 3.8) is 0 Å². The Morgan fingerprint density at radius 1 is 1.17 bits per heavy atom. The highest BCUT2D eigenvalue weighted by Crippen LogP contribution is 2.34. The van der Waals surface area contributed by atoms with Gasteiger partial charge in [0, 0.05) is 35.4 Å². The average molecular weight is 457 g/mol. The Balaban J connectivity index is 1.96. The van der Waals surface area contributed by atoms with Gasteiger partial charge in [0.05, 0.1) is 30.4 Å². The molecular formula is C20H20Cl3N3O3. The van der Waals surface area contributed by atoms with Crippen LogP contribution in [-0.2, 0) is 4.79 Å². The van der Waals surface area contributed by atoms with E-state index in [1.807, 2.05) is 24.3 Å². The number of carbonyl (C=O) groups excluding carboxylic acids is 1. The molecule has 1 heterocycles. The summed E-state index contributed by atoms with van der Waals surface area (Å²) in [5.41, 5.74) is 2.39. The van der Waals surface area contributed by atoms with Gasteiger partial charge in [0.15, 0.2) is 4.84 Å². The molecule has 0 aliphatic rings. The lowest BCUT2D eigenvalue weighted by Crippen LogP contribution is -2.40. The highest BCUT2D eigenvalue weighted by molar-refractivity contribution is 6.53. The van der Waals surface area contributed by atoms with E-state index >= 15 is 0 Å². The summed E-state index contributed by atoms with van der Waals surface area (Å²) in [6.45, 7) is 0.708. The predicted molar refractivity (Wildman–Crippen MR) is 118 cm³/mol. The summed E-state index contributed by atoms with van der Waals surface area (Å²) in [4.78, 5) is 17.0. The molecule has 0 atom stereocenters. The largest absolute Gasteiger partial charge is 0.497 e. The van der Waals surface area contributed by atoms with E-state index in [2.05, 4.69) is 10.3 Å². The van der Waals surface area contributed by atoms with Gasteiger partial charge in [0.25, 0.3) is 5.91 Å². The average Bonchev–Trinajstić information content (AvgIpc) is 2.71. The summed E-state index contributed by atoms with van der Waals surface area (Å²) in [6, 6.07) is 11.1. The van der Waals surface area contributed by atoms with E-state index in [9.17, 15) is 9.90 Å². The fourth-order valence-electron chi connectivity index (χ4n) is 3.12. The molecule has 3 rings (SSSR count). The van der Waals surface area contributed by atoms with E-state index in [1.54, 1.807) is 19.2 Å². The molecule has 9 heteroatoms. The number of hydrogen-bond donors (Lipinski definition) is 2. The molecule has 154 valence electrons. The molecule has 0 unspecified atom stereocenters. The van der Waals surface area contributed by atoms with Crippen LogP contribution in [0.25, 0.3) is 21.8 Å². The molecule has 6 nitrogen and oxygen atoms in total. The van der Waals surface area contributed by atoms with Crippen molar-refractivity contribution in [1.29, 1.82) is 0 Å². The van der Waals surface area contributed by atoms with Gasteiger partial charge in [-0.2, -0.15) is 0 Å². The van der Waals surface area contributed by atoms with Crippen LogP contribution in [0.4, 0.5) is 5.69 Å². The number of pyridine rings is 1. The van der Waals surface area contributed by atoms with E-state index in [-0.39, 0.29) is 13.2 Å². The van der Waals surface area contributed by atoms with Crippen molar-refractivity contribution in [3.05, 3.63) is 41.4 Å². The van der Waals surface area contributed by atoms with Crippen molar-refractivity contribution >= 4 is 68.2 Å². The van der Waals surface area contributed by atoms with Gasteiger partial charge in [-0.25, -0.2) is 4.98 Å². The van der Waals surface area contributed by atoms with Crippen molar-refractivity contribution in [1.82, 2.24) is 9.88 Å². The number of amides is 1. The Bertz CT molecular complexity index is 1030. The van der Waals surface area contributed by atoms with E-state index in [0.717, 1.165) is 27.5 Å². The summed E-state index contributed by atoms with van der Waals surface area (Å²) in [6.07, 6.45) is 0. The number of anilines is 1. The number of ether oxygens (including phenoxy) is 1. The maximum absolute atomic E-state index is 12.1. The van der Waals surface area contributed by atoms with Gasteiger partial charge in [0.1, 0.15) is 5.75 Å². The Kier molecular flexibility index (Phi) is 7.24. The number of aromatic nitrogens is 1. The zero-order chi connectivity index (χ0) is 21.0. The summed E-state index contributed by atoms with van der Waals surface area (Å²) in [5.74, 6) is 0.266. The molecule has 0 fully saturated rings. The second-order valence-electron chi connectivity index (χ2n) is 6.31. The maximum atomic E-state index is 12.1. The number of benzene rings is 2. The minimum absolute atomic E-state index is 0.151. The quantitative estimate of drug-likeness (QED) is 0.394. The molecule has 0 bridgehead atoms. The van der Waals surface area contributed by atoms with Gasteiger partial charge >= 0.3 is 0 Å². The van der Waals surface area contributed by atoms with E-state index in [0.29, 0.717) is 23.9 Å². The van der Waals surface area contributed by atoms with Crippen LogP contribution in [0.5, 0.6) is 5.75 Å². The summed E-state index contributed by atoms with van der Waals surface area (Å²) < 4.78 is 5.35. The van der Waals surface area contributed by atoms with Gasteiger partial charge in [-0.05, 0) is 36.4 Å².